The number of nitrogens with one attached hydrogen (secondary N) is 1. The summed E-state index contributed by atoms with van der Waals surface area (Å²) in [6.45, 7) is 0. The van der Waals surface area contributed by atoms with E-state index in [-0.39, 0.29) is 5.75 Å². The number of aliphatic hydroxyl groups is 2. The van der Waals surface area contributed by atoms with Crippen molar-refractivity contribution < 1.29 is 20.1 Å². The fourth-order valence-electron chi connectivity index (χ4n) is 3.97. The van der Waals surface area contributed by atoms with Crippen LogP contribution in [0.15, 0.2) is 23.0 Å². The molecule has 0 amide bonds. The molecule has 4 rings (SSSR count). The first-order chi connectivity index (χ1) is 11.0. The van der Waals surface area contributed by atoms with Gasteiger partial charge in [0.15, 0.2) is 0 Å². The van der Waals surface area contributed by atoms with Crippen molar-refractivity contribution in [1.29, 1.82) is 0 Å². The normalized spacial score (nSPS) is 26.0. The zero-order chi connectivity index (χ0) is 16.2. The number of aromatic amines is 1. The quantitative estimate of drug-likeness (QED) is 0.592. The molecule has 6 nitrogen and oxygen atoms in total. The van der Waals surface area contributed by atoms with Crippen LogP contribution >= 0.6 is 0 Å². The van der Waals surface area contributed by atoms with Gasteiger partial charge in [0.25, 0.3) is 5.56 Å². The Hall–Kier alpha value is -2.05. The third kappa shape index (κ3) is 2.05. The standard InChI is InChI=1S/C17H19NO5/c19-10-8-12(20)18-14-9(10)4-5-11-13(14)15(21)16(22)17(23-11)6-2-1-3-7-17/h4-5,8,15-16,21-22H,1-3,6-7H2,(H2,18,19,20)/t15-,16-/m1/s1. The molecule has 23 heavy (non-hydrogen) atoms. The van der Waals surface area contributed by atoms with E-state index < -0.39 is 23.4 Å². The lowest BCUT2D eigenvalue weighted by molar-refractivity contribution is -0.143. The summed E-state index contributed by atoms with van der Waals surface area (Å²) in [5, 5.41) is 31.7. The van der Waals surface area contributed by atoms with Crippen molar-refractivity contribution in [2.45, 2.75) is 49.9 Å². The van der Waals surface area contributed by atoms with Crippen LogP contribution in [0.25, 0.3) is 10.9 Å². The summed E-state index contributed by atoms with van der Waals surface area (Å²) < 4.78 is 6.12. The third-order valence-electron chi connectivity index (χ3n) is 5.14. The number of aromatic nitrogens is 1. The van der Waals surface area contributed by atoms with E-state index in [1.165, 1.54) is 0 Å². The van der Waals surface area contributed by atoms with Crippen LogP contribution in [-0.4, -0.2) is 32.0 Å². The molecule has 0 unspecified atom stereocenters. The Bertz CT molecular complexity index is 822. The topological polar surface area (TPSA) is 103 Å². The maximum absolute atomic E-state index is 11.7. The number of ether oxygens (including phenoxy) is 1. The summed E-state index contributed by atoms with van der Waals surface area (Å²) >= 11 is 0. The van der Waals surface area contributed by atoms with Crippen LogP contribution in [0.2, 0.25) is 0 Å². The number of rotatable bonds is 0. The molecule has 1 aromatic heterocycles. The average Bonchev–Trinajstić information content (AvgIpc) is 2.53. The van der Waals surface area contributed by atoms with Crippen LogP contribution in [0.1, 0.15) is 43.8 Å². The molecule has 2 aliphatic rings. The Labute approximate surface area is 132 Å². The van der Waals surface area contributed by atoms with E-state index in [1.54, 1.807) is 12.1 Å². The Morgan fingerprint density at radius 2 is 1.91 bits per heavy atom. The van der Waals surface area contributed by atoms with Crippen LogP contribution in [0, 0.1) is 0 Å². The van der Waals surface area contributed by atoms with E-state index >= 15 is 0 Å². The smallest absolute Gasteiger partial charge is 0.252 e. The minimum absolute atomic E-state index is 0.161. The Morgan fingerprint density at radius 1 is 1.17 bits per heavy atom. The van der Waals surface area contributed by atoms with Gasteiger partial charge in [0.05, 0.1) is 5.52 Å². The van der Waals surface area contributed by atoms with Crippen molar-refractivity contribution in [3.8, 4) is 11.5 Å². The first-order valence-corrected chi connectivity index (χ1v) is 7.96. The highest BCUT2D eigenvalue weighted by molar-refractivity contribution is 5.89. The van der Waals surface area contributed by atoms with E-state index in [4.69, 9.17) is 4.74 Å². The molecule has 2 heterocycles. The molecular weight excluding hydrogens is 298 g/mol. The lowest BCUT2D eigenvalue weighted by atomic mass is 9.75. The van der Waals surface area contributed by atoms with Crippen molar-refractivity contribution in [3.63, 3.8) is 0 Å². The highest BCUT2D eigenvalue weighted by Crippen LogP contribution is 2.48. The highest BCUT2D eigenvalue weighted by atomic mass is 16.5. The number of aromatic hydroxyl groups is 1. The number of aliphatic hydroxyl groups excluding tert-OH is 2. The van der Waals surface area contributed by atoms with Crippen LogP contribution < -0.4 is 10.3 Å². The summed E-state index contributed by atoms with van der Waals surface area (Å²) in [5.41, 5.74) is -0.595. The van der Waals surface area contributed by atoms with Gasteiger partial charge >= 0.3 is 0 Å². The number of benzene rings is 1. The molecule has 2 aromatic rings. The third-order valence-corrected chi connectivity index (χ3v) is 5.14. The molecule has 1 aliphatic heterocycles. The van der Waals surface area contributed by atoms with Gasteiger partial charge in [-0.15, -0.1) is 0 Å². The van der Waals surface area contributed by atoms with E-state index in [2.05, 4.69) is 4.98 Å². The molecular formula is C17H19NO5. The van der Waals surface area contributed by atoms with Crippen LogP contribution in [0.4, 0.5) is 0 Å². The lowest BCUT2D eigenvalue weighted by Crippen LogP contribution is -2.54. The molecule has 0 bridgehead atoms. The molecule has 0 saturated heterocycles. The Kier molecular flexibility index (Phi) is 3.14. The molecule has 2 atom stereocenters. The first kappa shape index (κ1) is 14.5. The highest BCUT2D eigenvalue weighted by Gasteiger charge is 2.49. The summed E-state index contributed by atoms with van der Waals surface area (Å²) in [4.78, 5) is 14.3. The number of hydrogen-bond donors (Lipinski definition) is 4. The van der Waals surface area contributed by atoms with Crippen molar-refractivity contribution in [2.24, 2.45) is 0 Å². The van der Waals surface area contributed by atoms with Crippen LogP contribution in [-0.2, 0) is 0 Å². The van der Waals surface area contributed by atoms with Crippen molar-refractivity contribution >= 4 is 10.9 Å². The maximum Gasteiger partial charge on any atom is 0.252 e. The summed E-state index contributed by atoms with van der Waals surface area (Å²) in [5.74, 6) is 0.296. The van der Waals surface area contributed by atoms with Gasteiger partial charge in [-0.25, -0.2) is 0 Å². The second-order valence-corrected chi connectivity index (χ2v) is 6.54. The maximum atomic E-state index is 11.7. The second kappa shape index (κ2) is 4.97. The number of H-pyrrole nitrogens is 1. The average molecular weight is 317 g/mol. The predicted molar refractivity (Wildman–Crippen MR) is 83.6 cm³/mol. The van der Waals surface area contributed by atoms with Gasteiger partial charge < -0.3 is 25.0 Å². The number of pyridine rings is 1. The molecule has 6 heteroatoms. The van der Waals surface area contributed by atoms with Gasteiger partial charge in [-0.3, -0.25) is 4.79 Å². The molecule has 1 aromatic carbocycles. The largest absolute Gasteiger partial charge is 0.507 e. The molecule has 4 N–H and O–H groups in total. The number of fused-ring (bicyclic) bond motifs is 3. The second-order valence-electron chi connectivity index (χ2n) is 6.54. The van der Waals surface area contributed by atoms with Gasteiger partial charge in [0.1, 0.15) is 29.3 Å². The van der Waals surface area contributed by atoms with Gasteiger partial charge in [0, 0.05) is 17.0 Å². The summed E-state index contributed by atoms with van der Waals surface area (Å²) in [6, 6.07) is 4.42. The van der Waals surface area contributed by atoms with Crippen LogP contribution in [0.5, 0.6) is 11.5 Å². The van der Waals surface area contributed by atoms with E-state index in [0.29, 0.717) is 35.1 Å². The summed E-state index contributed by atoms with van der Waals surface area (Å²) in [6.07, 6.45) is 2.15. The SMILES string of the molecule is O=c1cc(O)c2ccc3c(c2[nH]1)[C@@H](O)[C@@H](O)C1(CCCCC1)O3. The fraction of sp³-hybridized carbons (Fsp3) is 0.471. The predicted octanol–water partition coefficient (Wildman–Crippen LogP) is 1.72. The van der Waals surface area contributed by atoms with Crippen molar-refractivity contribution in [2.75, 3.05) is 0 Å². The lowest BCUT2D eigenvalue weighted by Gasteiger charge is -2.46. The van der Waals surface area contributed by atoms with Gasteiger partial charge in [-0.1, -0.05) is 6.42 Å². The van der Waals surface area contributed by atoms with Gasteiger partial charge in [-0.2, -0.15) is 0 Å². The van der Waals surface area contributed by atoms with Crippen molar-refractivity contribution in [3.05, 3.63) is 34.1 Å². The minimum Gasteiger partial charge on any atom is -0.507 e. The van der Waals surface area contributed by atoms with Crippen molar-refractivity contribution in [1.82, 2.24) is 4.98 Å². The molecule has 0 radical (unpaired) electrons. The molecule has 122 valence electrons. The zero-order valence-electron chi connectivity index (χ0n) is 12.6. The Balaban J connectivity index is 1.93. The molecule has 1 saturated carbocycles. The number of hydrogen-bond acceptors (Lipinski definition) is 5. The fourth-order valence-corrected chi connectivity index (χ4v) is 3.97. The minimum atomic E-state index is -1.17. The molecule has 1 spiro atoms. The van der Waals surface area contributed by atoms with E-state index in [9.17, 15) is 20.1 Å². The van der Waals surface area contributed by atoms with E-state index in [0.717, 1.165) is 25.3 Å². The zero-order valence-corrected chi connectivity index (χ0v) is 12.6. The molecule has 1 aliphatic carbocycles. The first-order valence-electron chi connectivity index (χ1n) is 7.96. The van der Waals surface area contributed by atoms with Gasteiger partial charge in [-0.05, 0) is 37.8 Å². The molecule has 1 fully saturated rings. The summed E-state index contributed by atoms with van der Waals surface area (Å²) in [7, 11) is 0. The van der Waals surface area contributed by atoms with E-state index in [1.807, 2.05) is 0 Å². The Morgan fingerprint density at radius 3 is 2.65 bits per heavy atom. The monoisotopic (exact) mass is 317 g/mol. The van der Waals surface area contributed by atoms with Gasteiger partial charge in [0.2, 0.25) is 0 Å². The van der Waals surface area contributed by atoms with Crippen LogP contribution in [0.3, 0.4) is 0 Å².